The van der Waals surface area contributed by atoms with Crippen molar-refractivity contribution in [2.24, 2.45) is 0 Å². The number of benzene rings is 1. The van der Waals surface area contributed by atoms with E-state index in [4.69, 9.17) is 14.8 Å². The fraction of sp³-hybridized carbons (Fsp3) is 0.273. The van der Waals surface area contributed by atoms with Gasteiger partial charge in [0.2, 0.25) is 0 Å². The number of nitrogens with zero attached hydrogens (tertiary/aromatic N) is 5. The van der Waals surface area contributed by atoms with Crippen LogP contribution in [0, 0.1) is 5.82 Å². The van der Waals surface area contributed by atoms with Crippen molar-refractivity contribution < 1.29 is 18.0 Å². The van der Waals surface area contributed by atoms with Gasteiger partial charge in [0.1, 0.15) is 22.6 Å². The molecule has 0 radical (unpaired) electrons. The number of hydrogen-bond acceptors (Lipinski definition) is 8. The van der Waals surface area contributed by atoms with Gasteiger partial charge in [-0.1, -0.05) is 25.6 Å². The standard InChI is InChI=1S/C21H22FN6O3P.CH4/c1-3-30-32(29,31-4-2)17-12-25-20(26-19(17)23)18-15-9-7-11-24-21(15)28(27-18)13-14-8-5-6-10-16(14)22;/h5-12H,3-4,13H2,1-2H3,(H2,23,25,26);1H4. The van der Waals surface area contributed by atoms with E-state index in [0.29, 0.717) is 22.3 Å². The van der Waals surface area contributed by atoms with Crippen LogP contribution in [0.2, 0.25) is 0 Å². The van der Waals surface area contributed by atoms with Gasteiger partial charge in [0.05, 0.1) is 25.1 Å². The number of pyridine rings is 1. The van der Waals surface area contributed by atoms with E-state index in [1.807, 2.05) is 6.07 Å². The summed E-state index contributed by atoms with van der Waals surface area (Å²) in [4.78, 5) is 13.0. The zero-order valence-corrected chi connectivity index (χ0v) is 18.5. The number of rotatable bonds is 8. The maximum absolute atomic E-state index is 14.2. The summed E-state index contributed by atoms with van der Waals surface area (Å²) in [6.07, 6.45) is 2.96. The predicted molar refractivity (Wildman–Crippen MR) is 126 cm³/mol. The molecular formula is C22H26FN6O3P. The highest BCUT2D eigenvalue weighted by atomic mass is 31.2. The summed E-state index contributed by atoms with van der Waals surface area (Å²) >= 11 is 0. The second-order valence-electron chi connectivity index (χ2n) is 6.77. The molecule has 0 aliphatic heterocycles. The smallest absolute Gasteiger partial charge is 0.366 e. The molecule has 2 N–H and O–H groups in total. The van der Waals surface area contributed by atoms with Crippen LogP contribution in [0.3, 0.4) is 0 Å². The van der Waals surface area contributed by atoms with Crippen LogP contribution in [0.25, 0.3) is 22.6 Å². The van der Waals surface area contributed by atoms with Crippen LogP contribution in [0.1, 0.15) is 26.8 Å². The highest BCUT2D eigenvalue weighted by molar-refractivity contribution is 7.62. The first-order valence-corrected chi connectivity index (χ1v) is 11.6. The largest absolute Gasteiger partial charge is 0.383 e. The zero-order valence-electron chi connectivity index (χ0n) is 17.6. The van der Waals surface area contributed by atoms with Crippen molar-refractivity contribution >= 4 is 29.8 Å². The number of nitrogens with two attached hydrogens (primary N) is 1. The van der Waals surface area contributed by atoms with E-state index in [1.165, 1.54) is 12.3 Å². The monoisotopic (exact) mass is 472 g/mol. The van der Waals surface area contributed by atoms with Crippen LogP contribution in [-0.4, -0.2) is 37.9 Å². The van der Waals surface area contributed by atoms with Gasteiger partial charge in [-0.15, -0.1) is 0 Å². The first-order valence-electron chi connectivity index (χ1n) is 10.0. The summed E-state index contributed by atoms with van der Waals surface area (Å²) in [5.74, 6) is -0.141. The lowest BCUT2D eigenvalue weighted by atomic mass is 10.2. The number of fused-ring (bicyclic) bond motifs is 1. The Bertz CT molecular complexity index is 1300. The lowest BCUT2D eigenvalue weighted by Gasteiger charge is -2.17. The number of hydrogen-bond donors (Lipinski definition) is 1. The lowest BCUT2D eigenvalue weighted by Crippen LogP contribution is -2.18. The number of nitrogen functional groups attached to an aromatic ring is 1. The molecule has 0 aliphatic carbocycles. The average Bonchev–Trinajstić information content (AvgIpc) is 3.14. The summed E-state index contributed by atoms with van der Waals surface area (Å²) in [5, 5.41) is 5.35. The summed E-state index contributed by atoms with van der Waals surface area (Å²) in [6, 6.07) is 10.1. The van der Waals surface area contributed by atoms with Crippen molar-refractivity contribution in [1.82, 2.24) is 24.7 Å². The Kier molecular flexibility index (Phi) is 7.53. The van der Waals surface area contributed by atoms with Crippen molar-refractivity contribution in [3.8, 4) is 11.5 Å². The molecule has 0 amide bonds. The van der Waals surface area contributed by atoms with E-state index in [2.05, 4.69) is 20.1 Å². The molecule has 11 heteroatoms. The molecule has 0 aliphatic rings. The molecule has 0 saturated carbocycles. The normalized spacial score (nSPS) is 11.5. The molecule has 0 spiro atoms. The van der Waals surface area contributed by atoms with Crippen molar-refractivity contribution in [1.29, 1.82) is 0 Å². The average molecular weight is 472 g/mol. The van der Waals surface area contributed by atoms with Crippen LogP contribution in [0.5, 0.6) is 0 Å². The predicted octanol–water partition coefficient (Wildman–Crippen LogP) is 4.19. The van der Waals surface area contributed by atoms with Gasteiger partial charge in [0, 0.05) is 18.0 Å². The third-order valence-electron chi connectivity index (χ3n) is 4.69. The molecule has 33 heavy (non-hydrogen) atoms. The van der Waals surface area contributed by atoms with Crippen LogP contribution in [-0.2, 0) is 20.2 Å². The Morgan fingerprint density at radius 1 is 1.09 bits per heavy atom. The molecule has 0 fully saturated rings. The molecule has 0 unspecified atom stereocenters. The summed E-state index contributed by atoms with van der Waals surface area (Å²) in [6.45, 7) is 3.94. The first kappa shape index (κ1) is 24.4. The highest BCUT2D eigenvalue weighted by Crippen LogP contribution is 2.48. The third-order valence-corrected chi connectivity index (χ3v) is 6.82. The van der Waals surface area contributed by atoms with Gasteiger partial charge in [-0.25, -0.2) is 24.0 Å². The lowest BCUT2D eigenvalue weighted by molar-refractivity contribution is 0.230. The maximum Gasteiger partial charge on any atom is 0.366 e. The Morgan fingerprint density at radius 3 is 2.48 bits per heavy atom. The Balaban J connectivity index is 0.00000306. The van der Waals surface area contributed by atoms with E-state index in [-0.39, 0.29) is 49.9 Å². The van der Waals surface area contributed by atoms with E-state index in [1.54, 1.807) is 49.0 Å². The molecule has 3 heterocycles. The second kappa shape index (κ2) is 10.2. The van der Waals surface area contributed by atoms with Crippen molar-refractivity contribution in [3.63, 3.8) is 0 Å². The van der Waals surface area contributed by atoms with Crippen molar-refractivity contribution in [2.75, 3.05) is 18.9 Å². The van der Waals surface area contributed by atoms with Crippen LogP contribution < -0.4 is 11.0 Å². The molecule has 1 aromatic carbocycles. The van der Waals surface area contributed by atoms with Crippen LogP contribution >= 0.6 is 7.60 Å². The molecule has 4 rings (SSSR count). The summed E-state index contributed by atoms with van der Waals surface area (Å²) < 4.78 is 39.5. The van der Waals surface area contributed by atoms with Gasteiger partial charge in [-0.3, -0.25) is 4.57 Å². The van der Waals surface area contributed by atoms with Gasteiger partial charge in [0.15, 0.2) is 11.5 Å². The molecule has 0 atom stereocenters. The molecule has 3 aromatic heterocycles. The van der Waals surface area contributed by atoms with Gasteiger partial charge in [-0.05, 0) is 32.0 Å². The molecule has 0 saturated heterocycles. The number of aromatic nitrogens is 5. The summed E-state index contributed by atoms with van der Waals surface area (Å²) in [7, 11) is -3.64. The Hall–Kier alpha value is -3.20. The molecule has 174 valence electrons. The third kappa shape index (κ3) is 4.78. The highest BCUT2D eigenvalue weighted by Gasteiger charge is 2.31. The van der Waals surface area contributed by atoms with Crippen LogP contribution in [0.4, 0.5) is 10.2 Å². The molecule has 4 aromatic rings. The van der Waals surface area contributed by atoms with E-state index in [9.17, 15) is 8.96 Å². The van der Waals surface area contributed by atoms with Gasteiger partial charge in [0.25, 0.3) is 0 Å². The topological polar surface area (TPSA) is 118 Å². The molecular weight excluding hydrogens is 446 g/mol. The minimum atomic E-state index is -3.64. The minimum absolute atomic E-state index is 0. The zero-order chi connectivity index (χ0) is 22.7. The van der Waals surface area contributed by atoms with E-state index >= 15 is 0 Å². The summed E-state index contributed by atoms with van der Waals surface area (Å²) in [5.41, 5.74) is 7.56. The van der Waals surface area contributed by atoms with Crippen LogP contribution in [0.15, 0.2) is 48.8 Å². The van der Waals surface area contributed by atoms with Gasteiger partial charge >= 0.3 is 7.60 Å². The number of halogens is 1. The fourth-order valence-electron chi connectivity index (χ4n) is 3.30. The number of anilines is 1. The van der Waals surface area contributed by atoms with Crippen molar-refractivity contribution in [2.45, 2.75) is 27.8 Å². The second-order valence-corrected chi connectivity index (χ2v) is 8.76. The quantitative estimate of drug-likeness (QED) is 0.380. The van der Waals surface area contributed by atoms with E-state index in [0.717, 1.165) is 0 Å². The molecule has 9 nitrogen and oxygen atoms in total. The van der Waals surface area contributed by atoms with Crippen molar-refractivity contribution in [3.05, 3.63) is 60.2 Å². The molecule has 0 bridgehead atoms. The maximum atomic E-state index is 14.2. The minimum Gasteiger partial charge on any atom is -0.383 e. The van der Waals surface area contributed by atoms with Gasteiger partial charge in [-0.2, -0.15) is 5.10 Å². The van der Waals surface area contributed by atoms with E-state index < -0.39 is 7.60 Å². The first-order chi connectivity index (χ1) is 15.5. The Labute approximate surface area is 191 Å². The SMILES string of the molecule is C.CCOP(=O)(OCC)c1cnc(-c2nn(Cc3ccccc3F)c3ncccc23)nc1N. The Morgan fingerprint density at radius 2 is 1.82 bits per heavy atom. The fourth-order valence-corrected chi connectivity index (χ4v) is 4.87. The van der Waals surface area contributed by atoms with Gasteiger partial charge < -0.3 is 14.8 Å².